The summed E-state index contributed by atoms with van der Waals surface area (Å²) >= 11 is 6.90. The molecular weight excluding hydrogens is 510 g/mol. The van der Waals surface area contributed by atoms with Crippen molar-refractivity contribution in [1.29, 1.82) is 0 Å². The minimum atomic E-state index is -0.537. The number of pyridine rings is 2. The van der Waals surface area contributed by atoms with Gasteiger partial charge in [0.15, 0.2) is 5.65 Å². The van der Waals surface area contributed by atoms with Gasteiger partial charge in [-0.3, -0.25) is 9.30 Å². The van der Waals surface area contributed by atoms with Crippen LogP contribution in [0.25, 0.3) is 27.7 Å². The summed E-state index contributed by atoms with van der Waals surface area (Å²) in [6, 6.07) is 13.0. The zero-order chi connectivity index (χ0) is 27.3. The van der Waals surface area contributed by atoms with E-state index in [-0.39, 0.29) is 0 Å². The van der Waals surface area contributed by atoms with Gasteiger partial charge in [0.2, 0.25) is 0 Å². The van der Waals surface area contributed by atoms with Crippen molar-refractivity contribution >= 4 is 45.3 Å². The van der Waals surface area contributed by atoms with Crippen molar-refractivity contribution in [2.45, 2.75) is 32.9 Å². The standard InChI is InChI=1S/C30H34ClN7O/c1-19(2)36-11-13-37(14-12-36)22-6-8-28(33-17-22)34-26-16-24(29(31)38-10-9-32-30(26)38)21-5-7-23-25(20(3)39)18-35(4)27(23)15-21/h5-10,15-20,39H,11-14H2,1-4H3,(H,33,34). The number of aliphatic hydroxyl groups is 1. The first-order valence-electron chi connectivity index (χ1n) is 13.4. The largest absolute Gasteiger partial charge is 0.389 e. The summed E-state index contributed by atoms with van der Waals surface area (Å²) in [6.07, 6.45) is 7.00. The van der Waals surface area contributed by atoms with Crippen molar-refractivity contribution in [2.24, 2.45) is 7.05 Å². The maximum absolute atomic E-state index is 10.2. The number of nitrogens with zero attached hydrogens (tertiary/aromatic N) is 6. The number of nitrogens with one attached hydrogen (secondary N) is 1. The Morgan fingerprint density at radius 2 is 1.79 bits per heavy atom. The van der Waals surface area contributed by atoms with Crippen LogP contribution in [0.4, 0.5) is 17.2 Å². The SMILES string of the molecule is CC(O)c1cn(C)c2cc(-c3cc(Nc4ccc(N5CCN(C(C)C)CC5)cn4)c4nccn4c3Cl)ccc12. The third-order valence-corrected chi connectivity index (χ3v) is 8.19. The van der Waals surface area contributed by atoms with Crippen molar-refractivity contribution in [3.63, 3.8) is 0 Å². The third-order valence-electron chi connectivity index (χ3n) is 7.81. The maximum Gasteiger partial charge on any atom is 0.161 e. The molecule has 0 saturated carbocycles. The number of halogens is 1. The molecule has 1 unspecified atom stereocenters. The molecule has 202 valence electrons. The third kappa shape index (κ3) is 4.73. The molecule has 0 spiro atoms. The topological polar surface area (TPSA) is 73.9 Å². The summed E-state index contributed by atoms with van der Waals surface area (Å²) < 4.78 is 3.93. The van der Waals surface area contributed by atoms with Crippen LogP contribution in [0.15, 0.2) is 61.2 Å². The van der Waals surface area contributed by atoms with Gasteiger partial charge in [0.1, 0.15) is 11.0 Å². The summed E-state index contributed by atoms with van der Waals surface area (Å²) in [7, 11) is 1.99. The van der Waals surface area contributed by atoms with Crippen molar-refractivity contribution < 1.29 is 5.11 Å². The Hall–Kier alpha value is -3.59. The summed E-state index contributed by atoms with van der Waals surface area (Å²) in [5, 5.41) is 15.3. The Morgan fingerprint density at radius 3 is 2.49 bits per heavy atom. The minimum Gasteiger partial charge on any atom is -0.389 e. The quantitative estimate of drug-likeness (QED) is 0.261. The molecule has 4 aromatic heterocycles. The molecule has 9 heteroatoms. The predicted octanol–water partition coefficient (Wildman–Crippen LogP) is 5.87. The highest BCUT2D eigenvalue weighted by molar-refractivity contribution is 6.32. The van der Waals surface area contributed by atoms with Gasteiger partial charge in [-0.05, 0) is 50.6 Å². The monoisotopic (exact) mass is 543 g/mol. The Balaban J connectivity index is 1.31. The van der Waals surface area contributed by atoms with Gasteiger partial charge in [-0.25, -0.2) is 9.97 Å². The molecule has 1 aromatic carbocycles. The van der Waals surface area contributed by atoms with Crippen LogP contribution in [-0.4, -0.2) is 61.2 Å². The first-order valence-corrected chi connectivity index (χ1v) is 13.8. The number of anilines is 3. The van der Waals surface area contributed by atoms with E-state index in [0.717, 1.165) is 76.6 Å². The van der Waals surface area contributed by atoms with Crippen molar-refractivity contribution in [1.82, 2.24) is 23.8 Å². The fraction of sp³-hybridized carbons (Fsp3) is 0.333. The average molecular weight is 544 g/mol. The highest BCUT2D eigenvalue weighted by Gasteiger charge is 2.20. The lowest BCUT2D eigenvalue weighted by Gasteiger charge is -2.38. The molecule has 0 amide bonds. The normalized spacial score (nSPS) is 15.5. The van der Waals surface area contributed by atoms with Crippen LogP contribution in [0.2, 0.25) is 5.15 Å². The van der Waals surface area contributed by atoms with Gasteiger partial charge in [-0.15, -0.1) is 0 Å². The summed E-state index contributed by atoms with van der Waals surface area (Å²) in [4.78, 5) is 14.2. The number of rotatable bonds is 6. The smallest absolute Gasteiger partial charge is 0.161 e. The highest BCUT2D eigenvalue weighted by atomic mass is 35.5. The summed E-state index contributed by atoms with van der Waals surface area (Å²) in [5.41, 5.74) is 6.50. The van der Waals surface area contributed by atoms with Gasteiger partial charge >= 0.3 is 0 Å². The van der Waals surface area contributed by atoms with E-state index in [0.29, 0.717) is 11.2 Å². The van der Waals surface area contributed by atoms with Crippen molar-refractivity contribution in [2.75, 3.05) is 36.4 Å². The molecule has 5 heterocycles. The Kier molecular flexibility index (Phi) is 6.71. The van der Waals surface area contributed by atoms with Gasteiger partial charge in [0, 0.05) is 79.9 Å². The molecule has 1 fully saturated rings. The van der Waals surface area contributed by atoms with Gasteiger partial charge in [0.25, 0.3) is 0 Å². The molecule has 39 heavy (non-hydrogen) atoms. The van der Waals surface area contributed by atoms with E-state index in [9.17, 15) is 5.11 Å². The van der Waals surface area contributed by atoms with Crippen LogP contribution in [0.5, 0.6) is 0 Å². The second-order valence-corrected chi connectivity index (χ2v) is 11.0. The van der Waals surface area contributed by atoms with Gasteiger partial charge in [-0.1, -0.05) is 23.7 Å². The van der Waals surface area contributed by atoms with Crippen LogP contribution in [0, 0.1) is 0 Å². The number of piperazine rings is 1. The van der Waals surface area contributed by atoms with Crippen LogP contribution in [0.1, 0.15) is 32.4 Å². The first-order chi connectivity index (χ1) is 18.8. The van der Waals surface area contributed by atoms with E-state index in [1.54, 1.807) is 13.1 Å². The molecule has 1 saturated heterocycles. The number of aromatic nitrogens is 4. The van der Waals surface area contributed by atoms with Crippen LogP contribution in [0.3, 0.4) is 0 Å². The molecule has 1 atom stereocenters. The second kappa shape index (κ2) is 10.2. The predicted molar refractivity (Wildman–Crippen MR) is 159 cm³/mol. The van der Waals surface area contributed by atoms with Crippen LogP contribution < -0.4 is 10.2 Å². The van der Waals surface area contributed by atoms with Crippen LogP contribution in [-0.2, 0) is 7.05 Å². The van der Waals surface area contributed by atoms with Gasteiger partial charge in [-0.2, -0.15) is 0 Å². The molecule has 0 radical (unpaired) electrons. The molecule has 6 rings (SSSR count). The average Bonchev–Trinajstić information content (AvgIpc) is 3.56. The Bertz CT molecular complexity index is 1630. The first kappa shape index (κ1) is 25.7. The molecule has 5 aromatic rings. The Labute approximate surface area is 233 Å². The zero-order valence-electron chi connectivity index (χ0n) is 22.8. The number of aliphatic hydroxyl groups excluding tert-OH is 1. The molecule has 8 nitrogen and oxygen atoms in total. The molecular formula is C30H34ClN7O. The minimum absolute atomic E-state index is 0.537. The maximum atomic E-state index is 10.2. The lowest BCUT2D eigenvalue weighted by Crippen LogP contribution is -2.48. The fourth-order valence-electron chi connectivity index (χ4n) is 5.55. The van der Waals surface area contributed by atoms with Crippen LogP contribution >= 0.6 is 11.6 Å². The van der Waals surface area contributed by atoms with E-state index >= 15 is 0 Å². The molecule has 2 N–H and O–H groups in total. The van der Waals surface area contributed by atoms with Gasteiger partial charge < -0.3 is 19.9 Å². The number of fused-ring (bicyclic) bond motifs is 2. The highest BCUT2D eigenvalue weighted by Crippen LogP contribution is 2.37. The summed E-state index contributed by atoms with van der Waals surface area (Å²) in [6.45, 7) is 10.4. The molecule has 0 aliphatic carbocycles. The van der Waals surface area contributed by atoms with E-state index in [1.165, 1.54) is 0 Å². The molecule has 0 bridgehead atoms. The number of hydrogen-bond donors (Lipinski definition) is 2. The van der Waals surface area contributed by atoms with E-state index in [4.69, 9.17) is 16.6 Å². The Morgan fingerprint density at radius 1 is 1.00 bits per heavy atom. The van der Waals surface area contributed by atoms with E-state index in [2.05, 4.69) is 52.1 Å². The second-order valence-electron chi connectivity index (χ2n) is 10.6. The lowest BCUT2D eigenvalue weighted by atomic mass is 10.0. The molecule has 1 aliphatic heterocycles. The van der Waals surface area contributed by atoms with Crippen molar-refractivity contribution in [3.05, 3.63) is 71.9 Å². The van der Waals surface area contributed by atoms with Gasteiger partial charge in [0.05, 0.1) is 23.7 Å². The lowest BCUT2D eigenvalue weighted by molar-refractivity contribution is 0.200. The number of hydrogen-bond acceptors (Lipinski definition) is 6. The van der Waals surface area contributed by atoms with Crippen molar-refractivity contribution in [3.8, 4) is 11.1 Å². The fourth-order valence-corrected chi connectivity index (χ4v) is 5.85. The number of aryl methyl sites for hydroxylation is 1. The number of benzene rings is 1. The van der Waals surface area contributed by atoms with E-state index in [1.807, 2.05) is 52.8 Å². The summed E-state index contributed by atoms with van der Waals surface area (Å²) in [5.74, 6) is 0.747. The molecule has 1 aliphatic rings. The van der Waals surface area contributed by atoms with E-state index < -0.39 is 6.10 Å². The number of imidazole rings is 1. The zero-order valence-corrected chi connectivity index (χ0v) is 23.5.